The average molecular weight is 495 g/mol. The highest BCUT2D eigenvalue weighted by molar-refractivity contribution is 7.89. The zero-order chi connectivity index (χ0) is 24.7. The lowest BCUT2D eigenvalue weighted by molar-refractivity contribution is -0.122. The third kappa shape index (κ3) is 6.21. The normalized spacial score (nSPS) is 15.2. The first kappa shape index (κ1) is 24.8. The second-order valence-corrected chi connectivity index (χ2v) is 10.3. The summed E-state index contributed by atoms with van der Waals surface area (Å²) < 4.78 is 39.9. The van der Waals surface area contributed by atoms with E-state index in [1.54, 1.807) is 30.3 Å². The average Bonchev–Trinajstić information content (AvgIpc) is 2.90. The Balaban J connectivity index is 1.63. The number of amides is 1. The summed E-state index contributed by atoms with van der Waals surface area (Å²) in [4.78, 5) is 13.3. The minimum atomic E-state index is -3.69. The van der Waals surface area contributed by atoms with Crippen LogP contribution in [0.1, 0.15) is 32.6 Å². The SMILES string of the molecule is CC[C@@H](Oc1ccccc1)C(=O)Nc1cc(S(=O)(=O)N2CCCCC2)ccc1Oc1ccccc1. The van der Waals surface area contributed by atoms with Crippen LogP contribution in [-0.2, 0) is 14.8 Å². The molecule has 1 saturated heterocycles. The Hall–Kier alpha value is -3.36. The number of para-hydroxylation sites is 2. The molecule has 0 spiro atoms. The number of ether oxygens (including phenoxy) is 2. The molecule has 1 aliphatic heterocycles. The Morgan fingerprint density at radius 2 is 1.54 bits per heavy atom. The second-order valence-electron chi connectivity index (χ2n) is 8.35. The quantitative estimate of drug-likeness (QED) is 0.428. The number of piperidine rings is 1. The molecule has 184 valence electrons. The number of rotatable bonds is 9. The highest BCUT2D eigenvalue weighted by atomic mass is 32.2. The Morgan fingerprint density at radius 1 is 0.914 bits per heavy atom. The first-order chi connectivity index (χ1) is 17.0. The third-order valence-corrected chi connectivity index (χ3v) is 7.71. The van der Waals surface area contributed by atoms with Crippen LogP contribution in [0.3, 0.4) is 0 Å². The van der Waals surface area contributed by atoms with Crippen molar-refractivity contribution in [2.24, 2.45) is 0 Å². The molecule has 0 bridgehead atoms. The molecule has 0 aromatic heterocycles. The Bertz CT molecular complexity index is 1230. The van der Waals surface area contributed by atoms with Gasteiger partial charge in [0.1, 0.15) is 11.5 Å². The summed E-state index contributed by atoms with van der Waals surface area (Å²) in [7, 11) is -3.69. The molecular formula is C27H30N2O5S. The van der Waals surface area contributed by atoms with Gasteiger partial charge >= 0.3 is 0 Å². The summed E-state index contributed by atoms with van der Waals surface area (Å²) in [5.74, 6) is 1.11. The van der Waals surface area contributed by atoms with Gasteiger partial charge < -0.3 is 14.8 Å². The second kappa shape index (κ2) is 11.4. The number of benzene rings is 3. The summed E-state index contributed by atoms with van der Waals surface area (Å²) in [6, 6.07) is 22.8. The molecule has 1 fully saturated rings. The van der Waals surface area contributed by atoms with Crippen molar-refractivity contribution < 1.29 is 22.7 Å². The molecule has 0 saturated carbocycles. The van der Waals surface area contributed by atoms with E-state index in [1.807, 2.05) is 43.3 Å². The largest absolute Gasteiger partial charge is 0.481 e. The van der Waals surface area contributed by atoms with E-state index in [0.29, 0.717) is 36.8 Å². The predicted molar refractivity (Wildman–Crippen MR) is 135 cm³/mol. The first-order valence-corrected chi connectivity index (χ1v) is 13.3. The fourth-order valence-corrected chi connectivity index (χ4v) is 5.47. The number of sulfonamides is 1. The summed E-state index contributed by atoms with van der Waals surface area (Å²) in [5, 5.41) is 2.85. The number of nitrogens with zero attached hydrogens (tertiary/aromatic N) is 1. The van der Waals surface area contributed by atoms with Crippen molar-refractivity contribution in [3.63, 3.8) is 0 Å². The lowest BCUT2D eigenvalue weighted by Crippen LogP contribution is -2.35. The van der Waals surface area contributed by atoms with Gasteiger partial charge in [0.2, 0.25) is 10.0 Å². The van der Waals surface area contributed by atoms with Crippen LogP contribution in [-0.4, -0.2) is 37.8 Å². The van der Waals surface area contributed by atoms with Gasteiger partial charge in [-0.2, -0.15) is 4.31 Å². The standard InChI is InChI=1S/C27H30N2O5S/c1-2-25(33-21-12-6-3-7-13-21)27(30)28-24-20-23(35(31,32)29-18-10-5-11-19-29)16-17-26(24)34-22-14-8-4-9-15-22/h3-4,6-9,12-17,20,25H,2,5,10-11,18-19H2,1H3,(H,28,30)/t25-/m1/s1. The lowest BCUT2D eigenvalue weighted by Gasteiger charge is -2.26. The smallest absolute Gasteiger partial charge is 0.265 e. The highest BCUT2D eigenvalue weighted by Crippen LogP contribution is 2.33. The van der Waals surface area contributed by atoms with Crippen LogP contribution in [0.2, 0.25) is 0 Å². The molecular weight excluding hydrogens is 464 g/mol. The van der Waals surface area contributed by atoms with E-state index in [2.05, 4.69) is 5.32 Å². The molecule has 1 heterocycles. The zero-order valence-electron chi connectivity index (χ0n) is 19.7. The van der Waals surface area contributed by atoms with Crippen LogP contribution in [0.15, 0.2) is 83.8 Å². The number of carbonyl (C=O) groups is 1. The van der Waals surface area contributed by atoms with Gasteiger partial charge in [0.15, 0.2) is 11.9 Å². The molecule has 0 aliphatic carbocycles. The van der Waals surface area contributed by atoms with Crippen LogP contribution in [0.5, 0.6) is 17.2 Å². The van der Waals surface area contributed by atoms with E-state index in [1.165, 1.54) is 16.4 Å². The number of hydrogen-bond donors (Lipinski definition) is 1. The number of carbonyl (C=O) groups excluding carboxylic acids is 1. The molecule has 4 rings (SSSR count). The molecule has 1 N–H and O–H groups in total. The van der Waals surface area contributed by atoms with Crippen molar-refractivity contribution in [3.8, 4) is 17.2 Å². The first-order valence-electron chi connectivity index (χ1n) is 11.9. The Kier molecular flexibility index (Phi) is 8.05. The van der Waals surface area contributed by atoms with Gasteiger partial charge in [-0.15, -0.1) is 0 Å². The number of anilines is 1. The molecule has 35 heavy (non-hydrogen) atoms. The molecule has 1 atom stereocenters. The van der Waals surface area contributed by atoms with Gasteiger partial charge in [-0.05, 0) is 61.7 Å². The van der Waals surface area contributed by atoms with Crippen molar-refractivity contribution >= 4 is 21.6 Å². The van der Waals surface area contributed by atoms with Crippen LogP contribution in [0.4, 0.5) is 5.69 Å². The van der Waals surface area contributed by atoms with Gasteiger partial charge in [0, 0.05) is 13.1 Å². The van der Waals surface area contributed by atoms with Gasteiger partial charge in [-0.3, -0.25) is 4.79 Å². The number of nitrogens with one attached hydrogen (secondary N) is 1. The van der Waals surface area contributed by atoms with E-state index < -0.39 is 16.1 Å². The van der Waals surface area contributed by atoms with Gasteiger partial charge in [-0.1, -0.05) is 49.7 Å². The summed E-state index contributed by atoms with van der Waals surface area (Å²) >= 11 is 0. The maximum atomic E-state index is 13.3. The van der Waals surface area contributed by atoms with Gasteiger partial charge in [-0.25, -0.2) is 8.42 Å². The van der Waals surface area contributed by atoms with E-state index in [-0.39, 0.29) is 16.5 Å². The van der Waals surface area contributed by atoms with E-state index in [4.69, 9.17) is 9.47 Å². The lowest BCUT2D eigenvalue weighted by atomic mass is 10.2. The maximum Gasteiger partial charge on any atom is 0.265 e. The van der Waals surface area contributed by atoms with Crippen molar-refractivity contribution in [2.45, 2.75) is 43.6 Å². The minimum absolute atomic E-state index is 0.118. The van der Waals surface area contributed by atoms with Crippen LogP contribution in [0, 0.1) is 0 Å². The highest BCUT2D eigenvalue weighted by Gasteiger charge is 2.28. The maximum absolute atomic E-state index is 13.3. The molecule has 7 nitrogen and oxygen atoms in total. The molecule has 3 aromatic rings. The summed E-state index contributed by atoms with van der Waals surface area (Å²) in [6.07, 6.45) is 2.38. The van der Waals surface area contributed by atoms with Crippen LogP contribution < -0.4 is 14.8 Å². The predicted octanol–water partition coefficient (Wildman–Crippen LogP) is 5.45. The van der Waals surface area contributed by atoms with Crippen LogP contribution >= 0.6 is 0 Å². The van der Waals surface area contributed by atoms with E-state index >= 15 is 0 Å². The fourth-order valence-electron chi connectivity index (χ4n) is 3.92. The van der Waals surface area contributed by atoms with Crippen molar-refractivity contribution in [2.75, 3.05) is 18.4 Å². The molecule has 0 radical (unpaired) electrons. The molecule has 0 unspecified atom stereocenters. The summed E-state index contributed by atoms with van der Waals surface area (Å²) in [6.45, 7) is 2.84. The fraction of sp³-hybridized carbons (Fsp3) is 0.296. The van der Waals surface area contributed by atoms with Crippen LogP contribution in [0.25, 0.3) is 0 Å². The molecule has 1 amide bonds. The van der Waals surface area contributed by atoms with Crippen molar-refractivity contribution in [1.29, 1.82) is 0 Å². The Labute approximate surface area is 206 Å². The van der Waals surface area contributed by atoms with E-state index in [9.17, 15) is 13.2 Å². The third-order valence-electron chi connectivity index (χ3n) is 5.82. The zero-order valence-corrected chi connectivity index (χ0v) is 20.5. The topological polar surface area (TPSA) is 84.9 Å². The summed E-state index contributed by atoms with van der Waals surface area (Å²) in [5.41, 5.74) is 0.270. The molecule has 3 aromatic carbocycles. The Morgan fingerprint density at radius 3 is 2.17 bits per heavy atom. The van der Waals surface area contributed by atoms with Crippen molar-refractivity contribution in [3.05, 3.63) is 78.9 Å². The van der Waals surface area contributed by atoms with Gasteiger partial charge in [0.05, 0.1) is 10.6 Å². The minimum Gasteiger partial charge on any atom is -0.481 e. The number of hydrogen-bond acceptors (Lipinski definition) is 5. The monoisotopic (exact) mass is 494 g/mol. The van der Waals surface area contributed by atoms with Crippen molar-refractivity contribution in [1.82, 2.24) is 4.31 Å². The van der Waals surface area contributed by atoms with E-state index in [0.717, 1.165) is 19.3 Å². The van der Waals surface area contributed by atoms with Gasteiger partial charge in [0.25, 0.3) is 5.91 Å². The molecule has 8 heteroatoms. The molecule has 1 aliphatic rings.